The molecule has 1 saturated heterocycles. The van der Waals surface area contributed by atoms with E-state index in [-0.39, 0.29) is 38.0 Å². The number of phenols is 1. The monoisotopic (exact) mass is 827 g/mol. The van der Waals surface area contributed by atoms with Gasteiger partial charge in [0.15, 0.2) is 0 Å². The van der Waals surface area contributed by atoms with Crippen LogP contribution in [-0.4, -0.2) is 121 Å². The Labute approximate surface area is 344 Å². The van der Waals surface area contributed by atoms with Gasteiger partial charge in [0, 0.05) is 36.5 Å². The number of hydrogen-bond donors (Lipinski definition) is 10. The number of carboxylic acids is 2. The molecule has 11 N–H and O–H groups in total. The number of H-pyrrole nitrogens is 1. The zero-order valence-electron chi connectivity index (χ0n) is 32.7. The number of para-hydroxylation sites is 1. The zero-order chi connectivity index (χ0) is 43.5. The molecule has 0 aliphatic carbocycles. The van der Waals surface area contributed by atoms with Crippen LogP contribution in [0, 0.1) is 0 Å². The minimum absolute atomic E-state index is 0.00987. The lowest BCUT2D eigenvalue weighted by atomic mass is 10.0. The lowest BCUT2D eigenvalue weighted by Gasteiger charge is -2.31. The van der Waals surface area contributed by atoms with E-state index in [1.807, 2.05) is 18.2 Å². The number of phenolic OH excluding ortho intramolecular Hbond substituents is 1. The van der Waals surface area contributed by atoms with Gasteiger partial charge >= 0.3 is 11.9 Å². The van der Waals surface area contributed by atoms with E-state index in [1.165, 1.54) is 24.0 Å². The van der Waals surface area contributed by atoms with Gasteiger partial charge in [-0.1, -0.05) is 60.7 Å². The smallest absolute Gasteiger partial charge is 0.326 e. The summed E-state index contributed by atoms with van der Waals surface area (Å²) in [4.78, 5) is 96.6. The van der Waals surface area contributed by atoms with Gasteiger partial charge in [0.1, 0.15) is 36.0 Å². The van der Waals surface area contributed by atoms with E-state index in [0.29, 0.717) is 22.9 Å². The van der Waals surface area contributed by atoms with E-state index in [0.717, 1.165) is 11.1 Å². The fraction of sp³-hybridized carbons (Fsp3) is 0.357. The largest absolute Gasteiger partial charge is 0.508 e. The number of aliphatic hydroxyl groups excluding tert-OH is 1. The maximum absolute atomic E-state index is 14.2. The van der Waals surface area contributed by atoms with E-state index in [4.69, 9.17) is 5.73 Å². The molecule has 2 heterocycles. The molecule has 0 bridgehead atoms. The third-order valence-electron chi connectivity index (χ3n) is 10.3. The summed E-state index contributed by atoms with van der Waals surface area (Å²) in [5, 5.41) is 50.3. The lowest BCUT2D eigenvalue weighted by Crippen LogP contribution is -2.61. The third kappa shape index (κ3) is 11.7. The molecule has 4 aromatic rings. The van der Waals surface area contributed by atoms with Crippen molar-refractivity contribution >= 4 is 52.4 Å². The molecule has 0 unspecified atom stereocenters. The molecule has 18 heteroatoms. The molecule has 0 spiro atoms. The Bertz CT molecular complexity index is 2180. The summed E-state index contributed by atoms with van der Waals surface area (Å²) in [6.45, 7) is 1.28. The standard InChI is InChI=1S/C42H49N7O11/c1-23(50)36(40(57)45-31(21-35(52)53)38(55)47-33(42(59)60)20-26-22-44-30-11-6-5-10-28(26)30)48-39(56)34-12-7-17-49(34)41(58)32(19-25-13-15-27(51)16-14-25)46-37(54)29(43)18-24-8-3-2-4-9-24/h2-6,8-11,13-16,22-23,29,31-34,36,44,50-51H,7,12,17-21,43H2,1H3,(H,45,57)(H,46,54)(H,47,55)(H,48,56)(H,52,53)(H,59,60)/t23-,29+,31+,32+,33+,34+,36+/m1/s1. The number of fused-ring (bicyclic) bond motifs is 1. The van der Waals surface area contributed by atoms with Crippen LogP contribution in [0.4, 0.5) is 0 Å². The Hall–Kier alpha value is -6.79. The van der Waals surface area contributed by atoms with Gasteiger partial charge in [0.2, 0.25) is 29.5 Å². The summed E-state index contributed by atoms with van der Waals surface area (Å²) in [7, 11) is 0. The maximum atomic E-state index is 14.2. The van der Waals surface area contributed by atoms with Crippen molar-refractivity contribution in [1.82, 2.24) is 31.2 Å². The molecule has 0 radical (unpaired) electrons. The van der Waals surface area contributed by atoms with Gasteiger partial charge < -0.3 is 57.3 Å². The highest BCUT2D eigenvalue weighted by atomic mass is 16.4. The number of benzene rings is 3. The highest BCUT2D eigenvalue weighted by Crippen LogP contribution is 2.22. The Morgan fingerprint density at radius 1 is 0.767 bits per heavy atom. The number of carboxylic acid groups (broad SMARTS) is 2. The van der Waals surface area contributed by atoms with Crippen LogP contribution in [0.1, 0.15) is 42.9 Å². The van der Waals surface area contributed by atoms with E-state index >= 15 is 0 Å². The average molecular weight is 828 g/mol. The summed E-state index contributed by atoms with van der Waals surface area (Å²) in [6.07, 6.45) is -0.466. The Morgan fingerprint density at radius 3 is 2.07 bits per heavy atom. The molecule has 1 fully saturated rings. The number of rotatable bonds is 19. The second-order valence-corrected chi connectivity index (χ2v) is 14.8. The van der Waals surface area contributed by atoms with Gasteiger partial charge in [-0.3, -0.25) is 28.8 Å². The molecule has 5 amide bonds. The van der Waals surface area contributed by atoms with Crippen molar-refractivity contribution in [2.45, 2.75) is 87.8 Å². The first-order chi connectivity index (χ1) is 28.6. The number of hydrogen-bond acceptors (Lipinski definition) is 10. The van der Waals surface area contributed by atoms with Crippen molar-refractivity contribution < 1.29 is 54.0 Å². The number of aliphatic hydroxyl groups is 1. The van der Waals surface area contributed by atoms with Crippen LogP contribution in [0.3, 0.4) is 0 Å². The fourth-order valence-electron chi connectivity index (χ4n) is 7.10. The summed E-state index contributed by atoms with van der Waals surface area (Å²) in [5.41, 5.74) is 8.91. The van der Waals surface area contributed by atoms with Crippen molar-refractivity contribution in [2.24, 2.45) is 5.73 Å². The van der Waals surface area contributed by atoms with Crippen LogP contribution in [-0.2, 0) is 52.8 Å². The molecule has 18 nitrogen and oxygen atoms in total. The number of carbonyl (C=O) groups is 7. The molecule has 3 aromatic carbocycles. The molecular weight excluding hydrogens is 778 g/mol. The molecule has 60 heavy (non-hydrogen) atoms. The van der Waals surface area contributed by atoms with Crippen LogP contribution in [0.5, 0.6) is 5.75 Å². The lowest BCUT2D eigenvalue weighted by molar-refractivity contribution is -0.144. The van der Waals surface area contributed by atoms with E-state index < -0.39 is 90.3 Å². The van der Waals surface area contributed by atoms with Gasteiger partial charge in [-0.15, -0.1) is 0 Å². The summed E-state index contributed by atoms with van der Waals surface area (Å²) in [6, 6.07) is 13.7. The Kier molecular flexibility index (Phi) is 15.0. The number of aromatic amines is 1. The Balaban J connectivity index is 1.28. The quantitative estimate of drug-likeness (QED) is 0.0603. The number of nitrogens with two attached hydrogens (primary N) is 1. The Morgan fingerprint density at radius 2 is 1.40 bits per heavy atom. The third-order valence-corrected chi connectivity index (χ3v) is 10.3. The summed E-state index contributed by atoms with van der Waals surface area (Å²) < 4.78 is 0. The number of likely N-dealkylation sites (tertiary alicyclic amines) is 1. The molecule has 5 rings (SSSR count). The minimum atomic E-state index is -1.82. The molecular formula is C42H49N7O11. The van der Waals surface area contributed by atoms with Crippen LogP contribution in [0.15, 0.2) is 85.1 Å². The number of nitrogens with zero attached hydrogens (tertiary/aromatic N) is 1. The number of aromatic nitrogens is 1. The van der Waals surface area contributed by atoms with Crippen LogP contribution in [0.25, 0.3) is 10.9 Å². The maximum Gasteiger partial charge on any atom is 0.326 e. The van der Waals surface area contributed by atoms with Gasteiger partial charge in [-0.2, -0.15) is 0 Å². The van der Waals surface area contributed by atoms with Crippen LogP contribution < -0.4 is 27.0 Å². The number of aromatic hydroxyl groups is 1. The van der Waals surface area contributed by atoms with Gasteiger partial charge in [-0.25, -0.2) is 4.79 Å². The van der Waals surface area contributed by atoms with E-state index in [9.17, 15) is 54.0 Å². The predicted molar refractivity (Wildman–Crippen MR) is 216 cm³/mol. The highest BCUT2D eigenvalue weighted by molar-refractivity contribution is 5.98. The summed E-state index contributed by atoms with van der Waals surface area (Å²) >= 11 is 0. The van der Waals surface area contributed by atoms with Crippen molar-refractivity contribution in [2.75, 3.05) is 6.54 Å². The molecule has 1 aliphatic heterocycles. The van der Waals surface area contributed by atoms with Crippen molar-refractivity contribution in [3.05, 3.63) is 102 Å². The SMILES string of the molecule is C[C@@H](O)[C@H](NC(=O)[C@@H]1CCCN1C(=O)[C@H](Cc1ccc(O)cc1)NC(=O)[C@@H](N)Cc1ccccc1)C(=O)N[C@@H](CC(=O)O)C(=O)N[C@@H](Cc1c[nH]c2ccccc12)C(=O)O. The van der Waals surface area contributed by atoms with Gasteiger partial charge in [-0.05, 0) is 61.1 Å². The topological polar surface area (TPSA) is 294 Å². The molecule has 1 aromatic heterocycles. The number of aliphatic carboxylic acids is 2. The fourth-order valence-corrected chi connectivity index (χ4v) is 7.10. The second-order valence-electron chi connectivity index (χ2n) is 14.8. The molecule has 318 valence electrons. The summed E-state index contributed by atoms with van der Waals surface area (Å²) in [5.74, 6) is -7.31. The van der Waals surface area contributed by atoms with Crippen LogP contribution in [0.2, 0.25) is 0 Å². The molecule has 1 aliphatic rings. The first-order valence-corrected chi connectivity index (χ1v) is 19.4. The van der Waals surface area contributed by atoms with E-state index in [1.54, 1.807) is 54.7 Å². The zero-order valence-corrected chi connectivity index (χ0v) is 32.7. The van der Waals surface area contributed by atoms with Crippen molar-refractivity contribution in [1.29, 1.82) is 0 Å². The molecule has 7 atom stereocenters. The van der Waals surface area contributed by atoms with Crippen molar-refractivity contribution in [3.8, 4) is 5.75 Å². The number of carbonyl (C=O) groups excluding carboxylic acids is 5. The molecule has 0 saturated carbocycles. The highest BCUT2D eigenvalue weighted by Gasteiger charge is 2.40. The minimum Gasteiger partial charge on any atom is -0.508 e. The van der Waals surface area contributed by atoms with Crippen LogP contribution >= 0.6 is 0 Å². The van der Waals surface area contributed by atoms with Crippen molar-refractivity contribution in [3.63, 3.8) is 0 Å². The second kappa shape index (κ2) is 20.3. The first kappa shape index (κ1) is 44.3. The average Bonchev–Trinajstić information content (AvgIpc) is 3.87. The number of nitrogens with one attached hydrogen (secondary N) is 5. The van der Waals surface area contributed by atoms with E-state index in [2.05, 4.69) is 26.3 Å². The first-order valence-electron chi connectivity index (χ1n) is 19.4. The normalized spacial score (nSPS) is 16.7. The predicted octanol–water partition coefficient (Wildman–Crippen LogP) is 0.0990. The van der Waals surface area contributed by atoms with Gasteiger partial charge in [0.05, 0.1) is 18.6 Å². The van der Waals surface area contributed by atoms with Gasteiger partial charge in [0.25, 0.3) is 0 Å². The number of amides is 5.